The summed E-state index contributed by atoms with van der Waals surface area (Å²) in [6, 6.07) is 22.5. The number of ether oxygens (including phenoxy) is 2. The minimum absolute atomic E-state index is 0.167. The summed E-state index contributed by atoms with van der Waals surface area (Å²) in [6.07, 6.45) is 1.80. The molecule has 1 saturated heterocycles. The second kappa shape index (κ2) is 10.9. The summed E-state index contributed by atoms with van der Waals surface area (Å²) in [7, 11) is 0. The average molecular weight is 551 g/mol. The quantitative estimate of drug-likeness (QED) is 0.241. The second-order valence-electron chi connectivity index (χ2n) is 7.16. The van der Waals surface area contributed by atoms with Crippen molar-refractivity contribution in [2.45, 2.75) is 13.5 Å². The predicted molar refractivity (Wildman–Crippen MR) is 143 cm³/mol. The van der Waals surface area contributed by atoms with E-state index in [-0.39, 0.29) is 12.5 Å². The van der Waals surface area contributed by atoms with Crippen LogP contribution >= 0.6 is 39.9 Å². The van der Waals surface area contributed by atoms with Crippen LogP contribution in [0.4, 0.5) is 5.69 Å². The summed E-state index contributed by atoms with van der Waals surface area (Å²) in [5, 5.41) is 9.32. The molecule has 0 spiro atoms. The average Bonchev–Trinajstić information content (AvgIpc) is 3.13. The Morgan fingerprint density at radius 1 is 1.09 bits per heavy atom. The highest BCUT2D eigenvalue weighted by Crippen LogP contribution is 2.39. The Labute approximate surface area is 216 Å². The van der Waals surface area contributed by atoms with Crippen molar-refractivity contribution in [1.82, 2.24) is 0 Å². The number of hydrogen-bond acceptors (Lipinski definition) is 6. The first-order valence-corrected chi connectivity index (χ1v) is 12.4. The van der Waals surface area contributed by atoms with E-state index in [9.17, 15) is 10.1 Å². The Morgan fingerprint density at radius 2 is 1.79 bits per heavy atom. The molecule has 0 N–H and O–H groups in total. The molecule has 3 aromatic rings. The van der Waals surface area contributed by atoms with Crippen LogP contribution in [-0.4, -0.2) is 16.8 Å². The number of halogens is 1. The predicted octanol–water partition coefficient (Wildman–Crippen LogP) is 6.70. The Bertz CT molecular complexity index is 1320. The third-order valence-corrected chi connectivity index (χ3v) is 6.97. The van der Waals surface area contributed by atoms with E-state index in [1.165, 1.54) is 16.7 Å². The van der Waals surface area contributed by atoms with Gasteiger partial charge in [-0.1, -0.05) is 76.3 Å². The highest BCUT2D eigenvalue weighted by atomic mass is 79.9. The van der Waals surface area contributed by atoms with Gasteiger partial charge in [-0.05, 0) is 48.9 Å². The first kappa shape index (κ1) is 24.0. The number of amides is 1. The van der Waals surface area contributed by atoms with Crippen molar-refractivity contribution in [2.24, 2.45) is 0 Å². The van der Waals surface area contributed by atoms with E-state index < -0.39 is 0 Å². The molecule has 170 valence electrons. The molecule has 1 amide bonds. The molecule has 1 aliphatic rings. The highest BCUT2D eigenvalue weighted by molar-refractivity contribution is 9.10. The molecule has 1 aliphatic heterocycles. The lowest BCUT2D eigenvalue weighted by atomic mass is 10.1. The van der Waals surface area contributed by atoms with Gasteiger partial charge < -0.3 is 9.47 Å². The molecule has 0 bridgehead atoms. The number of carbonyl (C=O) groups is 1. The fourth-order valence-corrected chi connectivity index (χ4v) is 5.09. The van der Waals surface area contributed by atoms with Crippen LogP contribution in [0.15, 0.2) is 76.1 Å². The summed E-state index contributed by atoms with van der Waals surface area (Å²) in [6.45, 7) is 2.56. The van der Waals surface area contributed by atoms with Crippen molar-refractivity contribution in [1.29, 1.82) is 5.26 Å². The number of carbonyl (C=O) groups excluding carboxylic acids is 1. The lowest BCUT2D eigenvalue weighted by Crippen LogP contribution is -2.27. The molecule has 0 aromatic heterocycles. The van der Waals surface area contributed by atoms with Crippen LogP contribution in [0.5, 0.6) is 11.5 Å². The van der Waals surface area contributed by atoms with E-state index >= 15 is 0 Å². The molecule has 0 aliphatic carbocycles. The molecule has 0 unspecified atom stereocenters. The lowest BCUT2D eigenvalue weighted by Gasteiger charge is -2.15. The van der Waals surface area contributed by atoms with Crippen LogP contribution in [0.25, 0.3) is 6.08 Å². The number of para-hydroxylation sites is 1. The third kappa shape index (κ3) is 5.17. The molecule has 34 heavy (non-hydrogen) atoms. The fourth-order valence-electron chi connectivity index (χ4n) is 3.36. The van der Waals surface area contributed by atoms with Crippen LogP contribution in [0.3, 0.4) is 0 Å². The van der Waals surface area contributed by atoms with E-state index in [4.69, 9.17) is 21.7 Å². The third-order valence-electron chi connectivity index (χ3n) is 4.98. The normalized spacial score (nSPS) is 14.4. The van der Waals surface area contributed by atoms with Crippen LogP contribution in [0, 0.1) is 11.3 Å². The largest absolute Gasteiger partial charge is 0.490 e. The van der Waals surface area contributed by atoms with E-state index in [0.29, 0.717) is 32.9 Å². The van der Waals surface area contributed by atoms with Gasteiger partial charge in [0.25, 0.3) is 5.91 Å². The number of anilines is 1. The number of nitrogens with zero attached hydrogens (tertiary/aromatic N) is 2. The fraction of sp³-hybridized carbons (Fsp3) is 0.115. The van der Waals surface area contributed by atoms with Gasteiger partial charge in [0.1, 0.15) is 6.61 Å². The maximum absolute atomic E-state index is 13.1. The summed E-state index contributed by atoms with van der Waals surface area (Å²) < 4.78 is 13.0. The molecule has 5 nitrogen and oxygen atoms in total. The monoisotopic (exact) mass is 550 g/mol. The summed E-state index contributed by atoms with van der Waals surface area (Å²) >= 11 is 10.3. The molecule has 1 fully saturated rings. The van der Waals surface area contributed by atoms with Gasteiger partial charge in [-0.15, -0.1) is 0 Å². The van der Waals surface area contributed by atoms with Crippen LogP contribution in [0.2, 0.25) is 0 Å². The number of hydrogen-bond donors (Lipinski definition) is 0. The van der Waals surface area contributed by atoms with Gasteiger partial charge in [0, 0.05) is 10.0 Å². The van der Waals surface area contributed by atoms with Crippen molar-refractivity contribution in [3.63, 3.8) is 0 Å². The maximum atomic E-state index is 13.1. The molecule has 0 radical (unpaired) electrons. The van der Waals surface area contributed by atoms with Gasteiger partial charge in [-0.3, -0.25) is 9.69 Å². The number of thioether (sulfide) groups is 1. The molecular formula is C26H19BrN2O3S2. The van der Waals surface area contributed by atoms with Crippen LogP contribution < -0.4 is 14.4 Å². The lowest BCUT2D eigenvalue weighted by molar-refractivity contribution is -0.113. The van der Waals surface area contributed by atoms with Gasteiger partial charge in [-0.2, -0.15) is 5.26 Å². The van der Waals surface area contributed by atoms with Crippen molar-refractivity contribution in [3.8, 4) is 17.6 Å². The number of nitriles is 1. The van der Waals surface area contributed by atoms with Crippen molar-refractivity contribution in [3.05, 3.63) is 92.8 Å². The zero-order valence-corrected chi connectivity index (χ0v) is 21.4. The number of rotatable bonds is 7. The zero-order chi connectivity index (χ0) is 24.1. The van der Waals surface area contributed by atoms with Crippen molar-refractivity contribution < 1.29 is 14.3 Å². The summed E-state index contributed by atoms with van der Waals surface area (Å²) in [5.41, 5.74) is 2.86. The van der Waals surface area contributed by atoms with E-state index in [1.807, 2.05) is 67.6 Å². The van der Waals surface area contributed by atoms with Gasteiger partial charge in [-0.25, -0.2) is 0 Å². The SMILES string of the molecule is CCOc1cc(/C=C2/SC(=S)N(c3ccccc3)C2=O)c(Br)cc1OCc1ccccc1C#N. The van der Waals surface area contributed by atoms with E-state index in [1.54, 1.807) is 12.1 Å². The topological polar surface area (TPSA) is 62.6 Å². The van der Waals surface area contributed by atoms with Crippen LogP contribution in [0.1, 0.15) is 23.6 Å². The van der Waals surface area contributed by atoms with Crippen molar-refractivity contribution in [2.75, 3.05) is 11.5 Å². The van der Waals surface area contributed by atoms with E-state index in [2.05, 4.69) is 22.0 Å². The number of benzene rings is 3. The maximum Gasteiger partial charge on any atom is 0.270 e. The van der Waals surface area contributed by atoms with Gasteiger partial charge in [0.2, 0.25) is 0 Å². The van der Waals surface area contributed by atoms with Crippen molar-refractivity contribution >= 4 is 61.9 Å². The molecule has 4 rings (SSSR count). The van der Waals surface area contributed by atoms with Gasteiger partial charge >= 0.3 is 0 Å². The highest BCUT2D eigenvalue weighted by Gasteiger charge is 2.33. The summed E-state index contributed by atoms with van der Waals surface area (Å²) in [4.78, 5) is 15.1. The van der Waals surface area contributed by atoms with E-state index in [0.717, 1.165) is 21.3 Å². The molecule has 1 heterocycles. The minimum atomic E-state index is -0.167. The molecule has 3 aromatic carbocycles. The first-order chi connectivity index (χ1) is 16.5. The van der Waals surface area contributed by atoms with Gasteiger partial charge in [0.15, 0.2) is 15.8 Å². The van der Waals surface area contributed by atoms with Gasteiger partial charge in [0.05, 0.1) is 28.8 Å². The summed E-state index contributed by atoms with van der Waals surface area (Å²) in [5.74, 6) is 0.917. The molecule has 0 saturated carbocycles. The Kier molecular flexibility index (Phi) is 7.68. The number of thiocarbonyl (C=S) groups is 1. The Balaban J connectivity index is 1.61. The van der Waals surface area contributed by atoms with Crippen LogP contribution in [-0.2, 0) is 11.4 Å². The zero-order valence-electron chi connectivity index (χ0n) is 18.2. The smallest absolute Gasteiger partial charge is 0.270 e. The Hall–Kier alpha value is -3.12. The standard InChI is InChI=1S/C26H19BrN2O3S2/c1-2-31-22-12-19(13-24-25(30)29(26(33)34-24)20-10-4-3-5-11-20)21(27)14-23(22)32-16-18-9-7-6-8-17(18)15-28/h3-14H,2,16H2,1H3/b24-13+. The molecule has 0 atom stereocenters. The first-order valence-electron chi connectivity index (χ1n) is 10.4. The Morgan fingerprint density at radius 3 is 2.53 bits per heavy atom. The minimum Gasteiger partial charge on any atom is -0.490 e. The molecular weight excluding hydrogens is 532 g/mol. The molecule has 8 heteroatoms. The second-order valence-corrected chi connectivity index (χ2v) is 9.69.